The van der Waals surface area contributed by atoms with Crippen molar-refractivity contribution in [2.45, 2.75) is 13.5 Å². The fourth-order valence-corrected chi connectivity index (χ4v) is 3.11. The largest absolute Gasteiger partial charge is 0.334 e. The van der Waals surface area contributed by atoms with E-state index in [9.17, 15) is 9.59 Å². The molecule has 4 aromatic rings. The number of hydrogen-bond acceptors (Lipinski definition) is 5. The molecule has 0 saturated carbocycles. The number of halogens is 1. The summed E-state index contributed by atoms with van der Waals surface area (Å²) in [6, 6.07) is 17.6. The summed E-state index contributed by atoms with van der Waals surface area (Å²) >= 11 is 6.06. The van der Waals surface area contributed by atoms with E-state index in [1.54, 1.807) is 30.3 Å². The normalized spacial score (nSPS) is 10.7. The van der Waals surface area contributed by atoms with E-state index in [0.717, 1.165) is 11.1 Å². The number of anilines is 1. The fraction of sp³-hybridized carbons (Fsp3) is 0.0909. The van der Waals surface area contributed by atoms with Crippen molar-refractivity contribution in [1.82, 2.24) is 14.7 Å². The lowest BCUT2D eigenvalue weighted by atomic mass is 10.1. The first kappa shape index (κ1) is 19.6. The lowest BCUT2D eigenvalue weighted by Gasteiger charge is -2.09. The van der Waals surface area contributed by atoms with Crippen LogP contribution in [0, 0.1) is 6.92 Å². The van der Waals surface area contributed by atoms with Crippen molar-refractivity contribution in [2.24, 2.45) is 0 Å². The first-order valence-electron chi connectivity index (χ1n) is 9.15. The molecule has 0 aliphatic carbocycles. The van der Waals surface area contributed by atoms with Crippen molar-refractivity contribution in [3.63, 3.8) is 0 Å². The second kappa shape index (κ2) is 8.34. The maximum absolute atomic E-state index is 12.4. The van der Waals surface area contributed by atoms with E-state index in [1.807, 2.05) is 31.2 Å². The minimum atomic E-state index is -0.381. The van der Waals surface area contributed by atoms with Crippen molar-refractivity contribution in [1.29, 1.82) is 0 Å². The number of amides is 1. The molecule has 0 fully saturated rings. The standard InChI is InChI=1S/C22H17ClN4O3/c1-14-5-4-6-15(11-14)21-25-22(30-26-21)16-9-10-20(29)27(12-16)13-19(28)24-18-8-3-2-7-17(18)23/h2-12H,13H2,1H3,(H,24,28). The van der Waals surface area contributed by atoms with Crippen LogP contribution in [0.3, 0.4) is 0 Å². The van der Waals surface area contributed by atoms with Crippen LogP contribution in [0.25, 0.3) is 22.8 Å². The molecule has 2 aromatic heterocycles. The second-order valence-corrected chi connectivity index (χ2v) is 7.11. The monoisotopic (exact) mass is 420 g/mol. The predicted octanol–water partition coefficient (Wildman–Crippen LogP) is 4.17. The van der Waals surface area contributed by atoms with E-state index in [1.165, 1.54) is 16.8 Å². The Morgan fingerprint density at radius 1 is 1.10 bits per heavy atom. The molecule has 0 bridgehead atoms. The zero-order chi connectivity index (χ0) is 21.1. The Kier molecular flexibility index (Phi) is 5.45. The van der Waals surface area contributed by atoms with E-state index in [0.29, 0.717) is 22.1 Å². The van der Waals surface area contributed by atoms with Gasteiger partial charge in [-0.15, -0.1) is 0 Å². The molecule has 2 heterocycles. The van der Waals surface area contributed by atoms with Crippen LogP contribution in [-0.2, 0) is 11.3 Å². The molecular formula is C22H17ClN4O3. The molecule has 0 atom stereocenters. The quantitative estimate of drug-likeness (QED) is 0.523. The Morgan fingerprint density at radius 2 is 1.93 bits per heavy atom. The molecule has 0 aliphatic heterocycles. The first-order chi connectivity index (χ1) is 14.5. The Balaban J connectivity index is 1.56. The average molecular weight is 421 g/mol. The van der Waals surface area contributed by atoms with Crippen LogP contribution in [-0.4, -0.2) is 20.6 Å². The topological polar surface area (TPSA) is 90.0 Å². The molecule has 30 heavy (non-hydrogen) atoms. The molecule has 4 rings (SSSR count). The molecule has 2 aromatic carbocycles. The lowest BCUT2D eigenvalue weighted by molar-refractivity contribution is -0.116. The number of benzene rings is 2. The van der Waals surface area contributed by atoms with Gasteiger partial charge in [0, 0.05) is 17.8 Å². The van der Waals surface area contributed by atoms with Gasteiger partial charge in [0.15, 0.2) is 0 Å². The van der Waals surface area contributed by atoms with E-state index < -0.39 is 0 Å². The fourth-order valence-electron chi connectivity index (χ4n) is 2.93. The van der Waals surface area contributed by atoms with Crippen molar-refractivity contribution in [2.75, 3.05) is 5.32 Å². The maximum atomic E-state index is 12.4. The highest BCUT2D eigenvalue weighted by Gasteiger charge is 2.13. The summed E-state index contributed by atoms with van der Waals surface area (Å²) in [5.74, 6) is 0.322. The van der Waals surface area contributed by atoms with Gasteiger partial charge >= 0.3 is 0 Å². The first-order valence-corrected chi connectivity index (χ1v) is 9.53. The number of rotatable bonds is 5. The van der Waals surface area contributed by atoms with Gasteiger partial charge in [-0.1, -0.05) is 52.7 Å². The smallest absolute Gasteiger partial charge is 0.259 e. The molecule has 8 heteroatoms. The van der Waals surface area contributed by atoms with Gasteiger partial charge in [0.25, 0.3) is 11.4 Å². The minimum Gasteiger partial charge on any atom is -0.334 e. The predicted molar refractivity (Wildman–Crippen MR) is 114 cm³/mol. The van der Waals surface area contributed by atoms with Crippen LogP contribution < -0.4 is 10.9 Å². The number of carbonyl (C=O) groups excluding carboxylic acids is 1. The summed E-state index contributed by atoms with van der Waals surface area (Å²) in [4.78, 5) is 29.0. The minimum absolute atomic E-state index is 0.184. The second-order valence-electron chi connectivity index (χ2n) is 6.70. The molecule has 7 nitrogen and oxygen atoms in total. The Morgan fingerprint density at radius 3 is 2.73 bits per heavy atom. The summed E-state index contributed by atoms with van der Waals surface area (Å²) in [5.41, 5.74) is 2.60. The van der Waals surface area contributed by atoms with Gasteiger partial charge in [0.05, 0.1) is 16.3 Å². The summed E-state index contributed by atoms with van der Waals surface area (Å²) in [5, 5.41) is 7.13. The zero-order valence-corrected chi connectivity index (χ0v) is 16.8. The summed E-state index contributed by atoms with van der Waals surface area (Å²) in [6.07, 6.45) is 1.52. The number of nitrogens with zero attached hydrogens (tertiary/aromatic N) is 3. The highest BCUT2D eigenvalue weighted by molar-refractivity contribution is 6.33. The van der Waals surface area contributed by atoms with Gasteiger partial charge in [0.2, 0.25) is 11.7 Å². The molecule has 150 valence electrons. The number of carbonyl (C=O) groups is 1. The van der Waals surface area contributed by atoms with Crippen LogP contribution in [0.2, 0.25) is 5.02 Å². The summed E-state index contributed by atoms with van der Waals surface area (Å²) in [7, 11) is 0. The average Bonchev–Trinajstić information content (AvgIpc) is 3.22. The van der Waals surface area contributed by atoms with Gasteiger partial charge < -0.3 is 14.4 Å². The molecule has 0 saturated heterocycles. The zero-order valence-electron chi connectivity index (χ0n) is 16.0. The number of aryl methyl sites for hydroxylation is 1. The van der Waals surface area contributed by atoms with E-state index in [4.69, 9.17) is 16.1 Å². The van der Waals surface area contributed by atoms with Crippen LogP contribution in [0.5, 0.6) is 0 Å². The maximum Gasteiger partial charge on any atom is 0.259 e. The van der Waals surface area contributed by atoms with Crippen molar-refractivity contribution in [3.8, 4) is 22.8 Å². The number of aromatic nitrogens is 3. The molecular weight excluding hydrogens is 404 g/mol. The number of hydrogen-bond donors (Lipinski definition) is 1. The molecule has 0 unspecified atom stereocenters. The molecule has 0 radical (unpaired) electrons. The van der Waals surface area contributed by atoms with Gasteiger partial charge in [-0.2, -0.15) is 4.98 Å². The van der Waals surface area contributed by atoms with Gasteiger partial charge in [-0.05, 0) is 31.2 Å². The highest BCUT2D eigenvalue weighted by atomic mass is 35.5. The third-order valence-corrected chi connectivity index (χ3v) is 4.72. The third kappa shape index (κ3) is 4.31. The van der Waals surface area contributed by atoms with Crippen molar-refractivity contribution in [3.05, 3.63) is 87.8 Å². The summed E-state index contributed by atoms with van der Waals surface area (Å²) < 4.78 is 6.64. The van der Waals surface area contributed by atoms with E-state index >= 15 is 0 Å². The highest BCUT2D eigenvalue weighted by Crippen LogP contribution is 2.23. The molecule has 0 spiro atoms. The molecule has 0 aliphatic rings. The number of para-hydroxylation sites is 1. The number of pyridine rings is 1. The van der Waals surface area contributed by atoms with Crippen LogP contribution in [0.4, 0.5) is 5.69 Å². The summed E-state index contributed by atoms with van der Waals surface area (Å²) in [6.45, 7) is 1.80. The van der Waals surface area contributed by atoms with Crippen LogP contribution in [0.1, 0.15) is 5.56 Å². The molecule has 1 N–H and O–H groups in total. The lowest BCUT2D eigenvalue weighted by Crippen LogP contribution is -2.26. The number of nitrogens with one attached hydrogen (secondary N) is 1. The Hall–Kier alpha value is -3.71. The Labute approximate surface area is 176 Å². The van der Waals surface area contributed by atoms with E-state index in [2.05, 4.69) is 15.5 Å². The van der Waals surface area contributed by atoms with Crippen molar-refractivity contribution < 1.29 is 9.32 Å². The molecule has 1 amide bonds. The SMILES string of the molecule is Cc1cccc(-c2noc(-c3ccc(=O)n(CC(=O)Nc4ccccc4Cl)c3)n2)c1. The Bertz CT molecular complexity index is 1280. The van der Waals surface area contributed by atoms with Gasteiger partial charge in [-0.3, -0.25) is 9.59 Å². The van der Waals surface area contributed by atoms with Gasteiger partial charge in [0.1, 0.15) is 6.54 Å². The van der Waals surface area contributed by atoms with Gasteiger partial charge in [-0.25, -0.2) is 0 Å². The van der Waals surface area contributed by atoms with Crippen LogP contribution in [0.15, 0.2) is 76.2 Å². The van der Waals surface area contributed by atoms with Crippen molar-refractivity contribution >= 4 is 23.2 Å². The van der Waals surface area contributed by atoms with E-state index in [-0.39, 0.29) is 23.9 Å². The van der Waals surface area contributed by atoms with Crippen LogP contribution >= 0.6 is 11.6 Å². The third-order valence-electron chi connectivity index (χ3n) is 4.39.